The summed E-state index contributed by atoms with van der Waals surface area (Å²) in [6.07, 6.45) is 6.85. The Balaban J connectivity index is 1.40. The number of methoxy groups -OCH3 is 1. The standard InChI is InChI=1S/C24H26N4O3/c1-30-21-8-4-3-7-19(21)17-27-23(29)18-9-11-20(12-10-18)31-24-22(25-13-14-26-24)28-15-5-2-6-16-28/h3-4,7-14H,2,5-6,15-17H2,1H3,(H,27,29). The van der Waals surface area contributed by atoms with Crippen LogP contribution in [0, 0.1) is 0 Å². The number of carbonyl (C=O) groups is 1. The van der Waals surface area contributed by atoms with E-state index >= 15 is 0 Å². The minimum Gasteiger partial charge on any atom is -0.496 e. The molecule has 7 nitrogen and oxygen atoms in total. The predicted molar refractivity (Wildman–Crippen MR) is 119 cm³/mol. The van der Waals surface area contributed by atoms with Gasteiger partial charge in [-0.2, -0.15) is 0 Å². The molecular weight excluding hydrogens is 392 g/mol. The molecular formula is C24H26N4O3. The first-order valence-electron chi connectivity index (χ1n) is 10.5. The average Bonchev–Trinajstić information content (AvgIpc) is 2.84. The highest BCUT2D eigenvalue weighted by Crippen LogP contribution is 2.29. The predicted octanol–water partition coefficient (Wildman–Crippen LogP) is 4.20. The van der Waals surface area contributed by atoms with E-state index in [1.807, 2.05) is 24.3 Å². The Bertz CT molecular complexity index is 1020. The van der Waals surface area contributed by atoms with E-state index in [2.05, 4.69) is 20.2 Å². The summed E-state index contributed by atoms with van der Waals surface area (Å²) < 4.78 is 11.3. The molecule has 1 saturated heterocycles. The summed E-state index contributed by atoms with van der Waals surface area (Å²) in [5, 5.41) is 2.92. The SMILES string of the molecule is COc1ccccc1CNC(=O)c1ccc(Oc2nccnc2N2CCCCC2)cc1. The van der Waals surface area contributed by atoms with Gasteiger partial charge in [-0.1, -0.05) is 18.2 Å². The number of nitrogens with one attached hydrogen (secondary N) is 1. The number of carbonyl (C=O) groups excluding carboxylic acids is 1. The van der Waals surface area contributed by atoms with Crippen LogP contribution in [-0.2, 0) is 6.54 Å². The quantitative estimate of drug-likeness (QED) is 0.620. The minimum absolute atomic E-state index is 0.161. The molecule has 7 heteroatoms. The Kier molecular flexibility index (Phi) is 6.62. The molecule has 0 saturated carbocycles. The number of anilines is 1. The molecule has 0 radical (unpaired) electrons. The van der Waals surface area contributed by atoms with E-state index in [9.17, 15) is 4.79 Å². The Morgan fingerprint density at radius 2 is 1.74 bits per heavy atom. The molecule has 160 valence electrons. The van der Waals surface area contributed by atoms with Crippen molar-refractivity contribution in [2.45, 2.75) is 25.8 Å². The minimum atomic E-state index is -0.161. The van der Waals surface area contributed by atoms with Crippen LogP contribution in [0.5, 0.6) is 17.4 Å². The van der Waals surface area contributed by atoms with E-state index in [-0.39, 0.29) is 5.91 Å². The maximum absolute atomic E-state index is 12.5. The summed E-state index contributed by atoms with van der Waals surface area (Å²) in [4.78, 5) is 23.6. The highest BCUT2D eigenvalue weighted by Gasteiger charge is 2.18. The lowest BCUT2D eigenvalue weighted by molar-refractivity contribution is 0.0950. The number of ether oxygens (including phenoxy) is 2. The maximum Gasteiger partial charge on any atom is 0.263 e. The number of hydrogen-bond acceptors (Lipinski definition) is 6. The molecule has 2 aromatic carbocycles. The first-order chi connectivity index (χ1) is 15.2. The summed E-state index contributed by atoms with van der Waals surface area (Å²) in [5.41, 5.74) is 1.48. The molecule has 0 bridgehead atoms. The van der Waals surface area contributed by atoms with Gasteiger partial charge in [0.25, 0.3) is 11.8 Å². The van der Waals surface area contributed by atoms with Gasteiger partial charge in [-0.25, -0.2) is 9.97 Å². The normalized spacial score (nSPS) is 13.5. The monoisotopic (exact) mass is 418 g/mol. The van der Waals surface area contributed by atoms with Gasteiger partial charge in [0.2, 0.25) is 0 Å². The molecule has 0 atom stereocenters. The van der Waals surface area contributed by atoms with E-state index in [0.717, 1.165) is 43.1 Å². The van der Waals surface area contributed by atoms with Crippen molar-refractivity contribution in [3.63, 3.8) is 0 Å². The van der Waals surface area contributed by atoms with E-state index in [4.69, 9.17) is 9.47 Å². The lowest BCUT2D eigenvalue weighted by atomic mass is 10.1. The van der Waals surface area contributed by atoms with Crippen LogP contribution in [0.1, 0.15) is 35.2 Å². The average molecular weight is 418 g/mol. The summed E-state index contributed by atoms with van der Waals surface area (Å²) in [6.45, 7) is 2.31. The van der Waals surface area contributed by atoms with Crippen molar-refractivity contribution in [3.05, 3.63) is 72.1 Å². The number of benzene rings is 2. The Labute approximate surface area is 182 Å². The molecule has 1 amide bonds. The van der Waals surface area contributed by atoms with Gasteiger partial charge in [0.05, 0.1) is 7.11 Å². The van der Waals surface area contributed by atoms with Crippen LogP contribution in [0.25, 0.3) is 0 Å². The van der Waals surface area contributed by atoms with Crippen molar-refractivity contribution < 1.29 is 14.3 Å². The second kappa shape index (κ2) is 9.93. The third-order valence-electron chi connectivity index (χ3n) is 5.27. The van der Waals surface area contributed by atoms with Gasteiger partial charge < -0.3 is 19.7 Å². The smallest absolute Gasteiger partial charge is 0.263 e. The summed E-state index contributed by atoms with van der Waals surface area (Å²) in [7, 11) is 1.62. The van der Waals surface area contributed by atoms with Gasteiger partial charge in [0.15, 0.2) is 5.82 Å². The van der Waals surface area contributed by atoms with Gasteiger partial charge in [-0.3, -0.25) is 4.79 Å². The van der Waals surface area contributed by atoms with Gasteiger partial charge >= 0.3 is 0 Å². The fraction of sp³-hybridized carbons (Fsp3) is 0.292. The highest BCUT2D eigenvalue weighted by molar-refractivity contribution is 5.94. The third-order valence-corrected chi connectivity index (χ3v) is 5.27. The highest BCUT2D eigenvalue weighted by atomic mass is 16.5. The van der Waals surface area contributed by atoms with Crippen molar-refractivity contribution in [2.24, 2.45) is 0 Å². The second-order valence-corrected chi connectivity index (χ2v) is 7.35. The van der Waals surface area contributed by atoms with Crippen molar-refractivity contribution in [1.29, 1.82) is 0 Å². The maximum atomic E-state index is 12.5. The molecule has 0 spiro atoms. The van der Waals surface area contributed by atoms with Crippen molar-refractivity contribution in [3.8, 4) is 17.4 Å². The molecule has 0 aliphatic carbocycles. The number of aromatic nitrogens is 2. The topological polar surface area (TPSA) is 76.6 Å². The van der Waals surface area contributed by atoms with Gasteiger partial charge in [0.1, 0.15) is 11.5 Å². The molecule has 3 aromatic rings. The van der Waals surface area contributed by atoms with Crippen LogP contribution < -0.4 is 19.7 Å². The Morgan fingerprint density at radius 3 is 2.52 bits per heavy atom. The zero-order valence-electron chi connectivity index (χ0n) is 17.6. The Morgan fingerprint density at radius 1 is 1.00 bits per heavy atom. The lowest BCUT2D eigenvalue weighted by Gasteiger charge is -2.28. The number of nitrogens with zero attached hydrogens (tertiary/aromatic N) is 3. The molecule has 4 rings (SSSR count). The molecule has 1 fully saturated rings. The zero-order valence-corrected chi connectivity index (χ0v) is 17.6. The van der Waals surface area contributed by atoms with Crippen LogP contribution in [0.4, 0.5) is 5.82 Å². The number of amides is 1. The van der Waals surface area contributed by atoms with Crippen molar-refractivity contribution >= 4 is 11.7 Å². The lowest BCUT2D eigenvalue weighted by Crippen LogP contribution is -2.30. The number of hydrogen-bond donors (Lipinski definition) is 1. The molecule has 1 aliphatic rings. The first-order valence-corrected chi connectivity index (χ1v) is 10.5. The summed E-state index contributed by atoms with van der Waals surface area (Å²) >= 11 is 0. The van der Waals surface area contributed by atoms with Crippen LogP contribution in [0.2, 0.25) is 0 Å². The first kappa shape index (κ1) is 20.7. The number of rotatable bonds is 7. The molecule has 31 heavy (non-hydrogen) atoms. The molecule has 2 heterocycles. The molecule has 1 N–H and O–H groups in total. The van der Waals surface area contributed by atoms with Crippen LogP contribution in [0.3, 0.4) is 0 Å². The van der Waals surface area contributed by atoms with E-state index in [1.54, 1.807) is 43.8 Å². The largest absolute Gasteiger partial charge is 0.496 e. The van der Waals surface area contributed by atoms with Gasteiger partial charge in [-0.15, -0.1) is 0 Å². The van der Waals surface area contributed by atoms with Gasteiger partial charge in [-0.05, 0) is 49.6 Å². The molecule has 0 unspecified atom stereocenters. The van der Waals surface area contributed by atoms with E-state index in [0.29, 0.717) is 23.7 Å². The van der Waals surface area contributed by atoms with Gasteiger partial charge in [0, 0.05) is 43.2 Å². The van der Waals surface area contributed by atoms with E-state index in [1.165, 1.54) is 6.42 Å². The Hall–Kier alpha value is -3.61. The van der Waals surface area contributed by atoms with Crippen LogP contribution in [0.15, 0.2) is 60.9 Å². The fourth-order valence-corrected chi connectivity index (χ4v) is 3.63. The number of para-hydroxylation sites is 1. The molecule has 1 aliphatic heterocycles. The van der Waals surface area contributed by atoms with Crippen LogP contribution in [-0.4, -0.2) is 36.1 Å². The van der Waals surface area contributed by atoms with Crippen LogP contribution >= 0.6 is 0 Å². The van der Waals surface area contributed by atoms with Crippen molar-refractivity contribution in [1.82, 2.24) is 15.3 Å². The third kappa shape index (κ3) is 5.12. The fourth-order valence-electron chi connectivity index (χ4n) is 3.63. The zero-order chi connectivity index (χ0) is 21.5. The summed E-state index contributed by atoms with van der Waals surface area (Å²) in [5.74, 6) is 2.45. The molecule has 1 aromatic heterocycles. The second-order valence-electron chi connectivity index (χ2n) is 7.35. The number of piperidine rings is 1. The summed E-state index contributed by atoms with van der Waals surface area (Å²) in [6, 6.07) is 14.6. The van der Waals surface area contributed by atoms with E-state index < -0.39 is 0 Å². The van der Waals surface area contributed by atoms with Crippen molar-refractivity contribution in [2.75, 3.05) is 25.1 Å².